The molecule has 1 amide bonds. The molecule has 5 heteroatoms. The molecule has 0 aliphatic heterocycles. The van der Waals surface area contributed by atoms with E-state index in [1.807, 2.05) is 37.4 Å². The molecule has 0 radical (unpaired) electrons. The van der Waals surface area contributed by atoms with E-state index in [0.29, 0.717) is 17.4 Å². The Kier molecular flexibility index (Phi) is 4.49. The van der Waals surface area contributed by atoms with Gasteiger partial charge in [0, 0.05) is 22.0 Å². The normalized spacial score (nSPS) is 10.3. The van der Waals surface area contributed by atoms with Crippen molar-refractivity contribution in [3.05, 3.63) is 51.5 Å². The number of carbonyl (C=O) groups excluding carboxylic acids is 1. The van der Waals surface area contributed by atoms with E-state index in [9.17, 15) is 4.79 Å². The lowest BCUT2D eigenvalue weighted by Crippen LogP contribution is -2.23. The summed E-state index contributed by atoms with van der Waals surface area (Å²) in [6, 6.07) is 7.57. The van der Waals surface area contributed by atoms with Crippen molar-refractivity contribution in [3.8, 4) is 0 Å². The molecule has 0 unspecified atom stereocenters. The topological polar surface area (TPSA) is 42.0 Å². The Bertz CT molecular complexity index is 553. The van der Waals surface area contributed by atoms with Crippen LogP contribution >= 0.6 is 27.3 Å². The van der Waals surface area contributed by atoms with E-state index in [-0.39, 0.29) is 5.91 Å². The molecule has 1 heterocycles. The highest BCUT2D eigenvalue weighted by Crippen LogP contribution is 2.14. The van der Waals surface area contributed by atoms with Crippen LogP contribution in [0.2, 0.25) is 0 Å². The molecule has 0 fully saturated rings. The third-order valence-corrected chi connectivity index (χ3v) is 3.99. The lowest BCUT2D eigenvalue weighted by Gasteiger charge is -2.07. The molecule has 3 nitrogen and oxygen atoms in total. The second kappa shape index (κ2) is 6.11. The van der Waals surface area contributed by atoms with Crippen molar-refractivity contribution < 1.29 is 4.79 Å². The molecule has 0 saturated heterocycles. The maximum absolute atomic E-state index is 12.0. The zero-order valence-corrected chi connectivity index (χ0v) is 12.3. The zero-order chi connectivity index (χ0) is 13.0. The highest BCUT2D eigenvalue weighted by atomic mass is 79.9. The van der Waals surface area contributed by atoms with Gasteiger partial charge in [0.05, 0.1) is 6.54 Å². The fourth-order valence-electron chi connectivity index (χ4n) is 1.59. The third-order valence-electron chi connectivity index (χ3n) is 2.48. The van der Waals surface area contributed by atoms with Crippen LogP contribution in [0.1, 0.15) is 25.8 Å². The summed E-state index contributed by atoms with van der Waals surface area (Å²) in [4.78, 5) is 17.4. The van der Waals surface area contributed by atoms with Crippen molar-refractivity contribution >= 4 is 33.2 Å². The number of amides is 1. The van der Waals surface area contributed by atoms with Crippen LogP contribution in [0.15, 0.2) is 30.5 Å². The van der Waals surface area contributed by atoms with Gasteiger partial charge in [0.2, 0.25) is 0 Å². The van der Waals surface area contributed by atoms with E-state index in [0.717, 1.165) is 15.4 Å². The second-order valence-corrected chi connectivity index (χ2v) is 5.72. The van der Waals surface area contributed by atoms with Gasteiger partial charge in [-0.3, -0.25) is 4.79 Å². The Morgan fingerprint density at radius 1 is 1.44 bits per heavy atom. The van der Waals surface area contributed by atoms with Crippen LogP contribution in [-0.2, 0) is 11.9 Å². The molecular formula is C13H13BrN2OS. The minimum Gasteiger partial charge on any atom is -0.346 e. The fourth-order valence-corrected chi connectivity index (χ4v) is 2.81. The standard InChI is InChI=1S/C13H13BrN2OS/c1-9-7-15-12(18-9)8-16-13(17)11-5-3-2-4-10(11)6-14/h2-5,7H,6,8H2,1H3,(H,16,17). The molecule has 2 rings (SSSR count). The summed E-state index contributed by atoms with van der Waals surface area (Å²) in [5.41, 5.74) is 1.70. The number of alkyl halides is 1. The van der Waals surface area contributed by atoms with Crippen LogP contribution in [0.25, 0.3) is 0 Å². The molecule has 1 aromatic heterocycles. The highest BCUT2D eigenvalue weighted by Gasteiger charge is 2.10. The molecule has 1 aromatic carbocycles. The van der Waals surface area contributed by atoms with Crippen molar-refractivity contribution in [2.75, 3.05) is 0 Å². The lowest BCUT2D eigenvalue weighted by molar-refractivity contribution is 0.0950. The largest absolute Gasteiger partial charge is 0.346 e. The minimum absolute atomic E-state index is 0.0575. The monoisotopic (exact) mass is 324 g/mol. The van der Waals surface area contributed by atoms with E-state index in [2.05, 4.69) is 26.2 Å². The summed E-state index contributed by atoms with van der Waals surface area (Å²) in [5, 5.41) is 4.49. The summed E-state index contributed by atoms with van der Waals surface area (Å²) in [7, 11) is 0. The lowest BCUT2D eigenvalue weighted by atomic mass is 10.1. The predicted octanol–water partition coefficient (Wildman–Crippen LogP) is 3.28. The first kappa shape index (κ1) is 13.2. The van der Waals surface area contributed by atoms with Crippen molar-refractivity contribution in [3.63, 3.8) is 0 Å². The maximum Gasteiger partial charge on any atom is 0.251 e. The predicted molar refractivity (Wildman–Crippen MR) is 77.1 cm³/mol. The molecule has 0 spiro atoms. The summed E-state index contributed by atoms with van der Waals surface area (Å²) >= 11 is 4.99. The van der Waals surface area contributed by atoms with Gasteiger partial charge in [-0.25, -0.2) is 4.98 Å². The van der Waals surface area contributed by atoms with Crippen molar-refractivity contribution in [1.29, 1.82) is 0 Å². The fraction of sp³-hybridized carbons (Fsp3) is 0.231. The molecule has 0 atom stereocenters. The minimum atomic E-state index is -0.0575. The number of hydrogen-bond donors (Lipinski definition) is 1. The molecule has 0 bridgehead atoms. The van der Waals surface area contributed by atoms with Crippen molar-refractivity contribution in [2.45, 2.75) is 18.8 Å². The summed E-state index contributed by atoms with van der Waals surface area (Å²) in [6.07, 6.45) is 1.82. The number of rotatable bonds is 4. The van der Waals surface area contributed by atoms with Gasteiger partial charge in [0.25, 0.3) is 5.91 Å². The second-order valence-electron chi connectivity index (χ2n) is 3.84. The van der Waals surface area contributed by atoms with Crippen LogP contribution in [-0.4, -0.2) is 10.9 Å². The molecule has 94 valence electrons. The Labute approximate surface area is 118 Å². The van der Waals surface area contributed by atoms with E-state index in [4.69, 9.17) is 0 Å². The Morgan fingerprint density at radius 3 is 2.89 bits per heavy atom. The van der Waals surface area contributed by atoms with Gasteiger partial charge in [-0.15, -0.1) is 11.3 Å². The molecular weight excluding hydrogens is 312 g/mol. The number of thiazole rings is 1. The molecule has 0 aliphatic carbocycles. The number of halogens is 1. The molecule has 0 aliphatic rings. The first-order valence-electron chi connectivity index (χ1n) is 5.54. The number of hydrogen-bond acceptors (Lipinski definition) is 3. The van der Waals surface area contributed by atoms with Crippen LogP contribution in [0, 0.1) is 6.92 Å². The molecule has 18 heavy (non-hydrogen) atoms. The van der Waals surface area contributed by atoms with Crippen molar-refractivity contribution in [1.82, 2.24) is 10.3 Å². The first-order chi connectivity index (χ1) is 8.70. The van der Waals surface area contributed by atoms with Gasteiger partial charge < -0.3 is 5.32 Å². The molecule has 2 aromatic rings. The van der Waals surface area contributed by atoms with Crippen LogP contribution in [0.5, 0.6) is 0 Å². The molecule has 0 saturated carbocycles. The van der Waals surface area contributed by atoms with Crippen LogP contribution in [0.3, 0.4) is 0 Å². The van der Waals surface area contributed by atoms with Gasteiger partial charge >= 0.3 is 0 Å². The smallest absolute Gasteiger partial charge is 0.251 e. The van der Waals surface area contributed by atoms with E-state index in [1.54, 1.807) is 11.3 Å². The number of aryl methyl sites for hydroxylation is 1. The number of benzene rings is 1. The quantitative estimate of drug-likeness (QED) is 0.877. The first-order valence-corrected chi connectivity index (χ1v) is 7.48. The number of carbonyl (C=O) groups is 1. The van der Waals surface area contributed by atoms with Gasteiger partial charge in [-0.05, 0) is 18.6 Å². The van der Waals surface area contributed by atoms with Gasteiger partial charge in [0.1, 0.15) is 5.01 Å². The van der Waals surface area contributed by atoms with Crippen LogP contribution < -0.4 is 5.32 Å². The molecule has 1 N–H and O–H groups in total. The maximum atomic E-state index is 12.0. The van der Waals surface area contributed by atoms with Gasteiger partial charge in [0.15, 0.2) is 0 Å². The SMILES string of the molecule is Cc1cnc(CNC(=O)c2ccccc2CBr)s1. The van der Waals surface area contributed by atoms with Crippen LogP contribution in [0.4, 0.5) is 0 Å². The highest BCUT2D eigenvalue weighted by molar-refractivity contribution is 9.08. The van der Waals surface area contributed by atoms with Crippen molar-refractivity contribution in [2.24, 2.45) is 0 Å². The number of nitrogens with zero attached hydrogens (tertiary/aromatic N) is 1. The Morgan fingerprint density at radius 2 is 2.22 bits per heavy atom. The Hall–Kier alpha value is -1.20. The Balaban J connectivity index is 2.03. The van der Waals surface area contributed by atoms with E-state index in [1.165, 1.54) is 0 Å². The summed E-state index contributed by atoms with van der Waals surface area (Å²) < 4.78 is 0. The average molecular weight is 325 g/mol. The van der Waals surface area contributed by atoms with E-state index >= 15 is 0 Å². The van der Waals surface area contributed by atoms with Gasteiger partial charge in [-0.2, -0.15) is 0 Å². The van der Waals surface area contributed by atoms with E-state index < -0.39 is 0 Å². The number of aromatic nitrogens is 1. The number of nitrogens with one attached hydrogen (secondary N) is 1. The average Bonchev–Trinajstić information content (AvgIpc) is 2.81. The summed E-state index contributed by atoms with van der Waals surface area (Å²) in [5.74, 6) is -0.0575. The summed E-state index contributed by atoms with van der Waals surface area (Å²) in [6.45, 7) is 2.48. The zero-order valence-electron chi connectivity index (χ0n) is 9.94. The van der Waals surface area contributed by atoms with Gasteiger partial charge in [-0.1, -0.05) is 34.1 Å². The third kappa shape index (κ3) is 3.17.